The van der Waals surface area contributed by atoms with Crippen molar-refractivity contribution in [2.45, 2.75) is 83.7 Å². The van der Waals surface area contributed by atoms with Gasteiger partial charge in [-0.1, -0.05) is 27.2 Å². The molecular formula is C18H36N2O. The van der Waals surface area contributed by atoms with Crippen LogP contribution < -0.4 is 5.32 Å². The van der Waals surface area contributed by atoms with Crippen LogP contribution in [0.15, 0.2) is 0 Å². The number of rotatable bonds is 6. The molecule has 1 aliphatic heterocycles. The molecule has 3 nitrogen and oxygen atoms in total. The van der Waals surface area contributed by atoms with Crippen LogP contribution in [0.2, 0.25) is 0 Å². The van der Waals surface area contributed by atoms with Crippen LogP contribution in [0.4, 0.5) is 0 Å². The highest BCUT2D eigenvalue weighted by atomic mass is 16.3. The van der Waals surface area contributed by atoms with Gasteiger partial charge in [-0.25, -0.2) is 0 Å². The van der Waals surface area contributed by atoms with Gasteiger partial charge in [-0.3, -0.25) is 0 Å². The lowest BCUT2D eigenvalue weighted by atomic mass is 9.75. The molecule has 2 unspecified atom stereocenters. The Labute approximate surface area is 131 Å². The summed E-state index contributed by atoms with van der Waals surface area (Å²) in [5.41, 5.74) is 0.560. The first-order chi connectivity index (χ1) is 10.1. The molecule has 2 aliphatic rings. The molecule has 0 spiro atoms. The van der Waals surface area contributed by atoms with Gasteiger partial charge in [-0.2, -0.15) is 0 Å². The molecule has 21 heavy (non-hydrogen) atoms. The Morgan fingerprint density at radius 3 is 2.48 bits per heavy atom. The average Bonchev–Trinajstić information content (AvgIpc) is 2.54. The molecule has 1 saturated heterocycles. The van der Waals surface area contributed by atoms with Crippen molar-refractivity contribution in [1.82, 2.24) is 10.2 Å². The topological polar surface area (TPSA) is 35.5 Å². The molecule has 0 radical (unpaired) electrons. The standard InChI is InChI=1S/C18H36N2O/c1-4-11-19-18(15-21)8-6-7-16(14-18)20-12-9-17(3,5-2)10-13-20/h16,19,21H,4-15H2,1-3H3. The number of aliphatic hydroxyl groups is 1. The lowest BCUT2D eigenvalue weighted by molar-refractivity contribution is 0.0252. The van der Waals surface area contributed by atoms with E-state index in [9.17, 15) is 5.11 Å². The lowest BCUT2D eigenvalue weighted by Crippen LogP contribution is -2.57. The summed E-state index contributed by atoms with van der Waals surface area (Å²) < 4.78 is 0. The van der Waals surface area contributed by atoms with Crippen LogP contribution in [0.1, 0.15) is 72.1 Å². The molecule has 3 heteroatoms. The predicted octanol–water partition coefficient (Wildman–Crippen LogP) is 3.17. The molecule has 1 aliphatic carbocycles. The third-order valence-corrected chi connectivity index (χ3v) is 6.25. The second-order valence-electron chi connectivity index (χ2n) is 7.82. The fourth-order valence-corrected chi connectivity index (χ4v) is 4.18. The summed E-state index contributed by atoms with van der Waals surface area (Å²) in [6, 6.07) is 0.677. The van der Waals surface area contributed by atoms with E-state index in [1.54, 1.807) is 0 Å². The molecule has 0 bridgehead atoms. The molecule has 2 atom stereocenters. The zero-order valence-electron chi connectivity index (χ0n) is 14.5. The quantitative estimate of drug-likeness (QED) is 0.790. The van der Waals surface area contributed by atoms with Crippen LogP contribution in [0.3, 0.4) is 0 Å². The highest BCUT2D eigenvalue weighted by Crippen LogP contribution is 2.38. The van der Waals surface area contributed by atoms with Crippen molar-refractivity contribution in [3.05, 3.63) is 0 Å². The maximum atomic E-state index is 9.92. The fourth-order valence-electron chi connectivity index (χ4n) is 4.18. The van der Waals surface area contributed by atoms with E-state index in [-0.39, 0.29) is 5.54 Å². The Morgan fingerprint density at radius 1 is 1.19 bits per heavy atom. The molecule has 2 rings (SSSR count). The van der Waals surface area contributed by atoms with Gasteiger partial charge in [0.15, 0.2) is 0 Å². The highest BCUT2D eigenvalue weighted by Gasteiger charge is 2.39. The smallest absolute Gasteiger partial charge is 0.0613 e. The van der Waals surface area contributed by atoms with Crippen LogP contribution in [0.5, 0.6) is 0 Å². The normalized spacial score (nSPS) is 34.0. The van der Waals surface area contributed by atoms with Gasteiger partial charge in [-0.15, -0.1) is 0 Å². The Balaban J connectivity index is 1.92. The fraction of sp³-hybridized carbons (Fsp3) is 1.00. The van der Waals surface area contributed by atoms with Crippen LogP contribution >= 0.6 is 0 Å². The first-order valence-corrected chi connectivity index (χ1v) is 9.16. The third kappa shape index (κ3) is 4.20. The van der Waals surface area contributed by atoms with Crippen molar-refractivity contribution in [2.75, 3.05) is 26.2 Å². The number of aliphatic hydroxyl groups excluding tert-OH is 1. The predicted molar refractivity (Wildman–Crippen MR) is 89.6 cm³/mol. The monoisotopic (exact) mass is 296 g/mol. The molecular weight excluding hydrogens is 260 g/mol. The number of likely N-dealkylation sites (tertiary alicyclic amines) is 1. The first-order valence-electron chi connectivity index (χ1n) is 9.16. The van der Waals surface area contributed by atoms with E-state index in [4.69, 9.17) is 0 Å². The molecule has 0 aromatic carbocycles. The minimum atomic E-state index is -0.00949. The van der Waals surface area contributed by atoms with Gasteiger partial charge in [0, 0.05) is 11.6 Å². The molecule has 124 valence electrons. The van der Waals surface area contributed by atoms with Gasteiger partial charge < -0.3 is 15.3 Å². The van der Waals surface area contributed by atoms with Crippen molar-refractivity contribution < 1.29 is 5.11 Å². The van der Waals surface area contributed by atoms with E-state index < -0.39 is 0 Å². The van der Waals surface area contributed by atoms with Gasteiger partial charge >= 0.3 is 0 Å². The second-order valence-corrected chi connectivity index (χ2v) is 7.82. The van der Waals surface area contributed by atoms with E-state index >= 15 is 0 Å². The SMILES string of the molecule is CCCNC1(CO)CCCC(N2CCC(C)(CC)CC2)C1. The summed E-state index contributed by atoms with van der Waals surface area (Å²) in [6.45, 7) is 10.8. The number of piperidine rings is 1. The van der Waals surface area contributed by atoms with Crippen molar-refractivity contribution in [3.8, 4) is 0 Å². The van der Waals surface area contributed by atoms with Crippen LogP contribution in [0, 0.1) is 5.41 Å². The van der Waals surface area contributed by atoms with Gasteiger partial charge in [0.25, 0.3) is 0 Å². The zero-order chi connectivity index (χ0) is 15.3. The third-order valence-electron chi connectivity index (χ3n) is 6.25. The molecule has 1 heterocycles. The Hall–Kier alpha value is -0.120. The van der Waals surface area contributed by atoms with E-state index in [0.29, 0.717) is 18.1 Å². The largest absolute Gasteiger partial charge is 0.394 e. The average molecular weight is 296 g/mol. The second kappa shape index (κ2) is 7.43. The molecule has 2 fully saturated rings. The van der Waals surface area contributed by atoms with Crippen molar-refractivity contribution in [1.29, 1.82) is 0 Å². The summed E-state index contributed by atoms with van der Waals surface area (Å²) >= 11 is 0. The molecule has 0 amide bonds. The Bertz CT molecular complexity index is 312. The molecule has 1 saturated carbocycles. The number of hydrogen-bond acceptors (Lipinski definition) is 3. The van der Waals surface area contributed by atoms with Crippen molar-refractivity contribution >= 4 is 0 Å². The molecule has 2 N–H and O–H groups in total. The number of nitrogens with zero attached hydrogens (tertiary/aromatic N) is 1. The van der Waals surface area contributed by atoms with Crippen molar-refractivity contribution in [2.24, 2.45) is 5.41 Å². The van der Waals surface area contributed by atoms with Gasteiger partial charge in [-0.05, 0) is 70.0 Å². The minimum Gasteiger partial charge on any atom is -0.394 e. The summed E-state index contributed by atoms with van der Waals surface area (Å²) in [5.74, 6) is 0. The van der Waals surface area contributed by atoms with Gasteiger partial charge in [0.1, 0.15) is 0 Å². The molecule has 0 aromatic rings. The summed E-state index contributed by atoms with van der Waals surface area (Å²) in [6.07, 6.45) is 9.98. The van der Waals surface area contributed by atoms with Crippen LogP contribution in [-0.2, 0) is 0 Å². The summed E-state index contributed by atoms with van der Waals surface area (Å²) in [7, 11) is 0. The lowest BCUT2D eigenvalue weighted by Gasteiger charge is -2.48. The highest BCUT2D eigenvalue weighted by molar-refractivity contribution is 4.97. The van der Waals surface area contributed by atoms with E-state index in [1.807, 2.05) is 0 Å². The van der Waals surface area contributed by atoms with Crippen LogP contribution in [-0.4, -0.2) is 47.8 Å². The maximum Gasteiger partial charge on any atom is 0.0613 e. The number of hydrogen-bond donors (Lipinski definition) is 2. The zero-order valence-corrected chi connectivity index (χ0v) is 14.5. The Morgan fingerprint density at radius 2 is 1.90 bits per heavy atom. The summed E-state index contributed by atoms with van der Waals surface area (Å²) in [4.78, 5) is 2.72. The van der Waals surface area contributed by atoms with Gasteiger partial charge in [0.2, 0.25) is 0 Å². The van der Waals surface area contributed by atoms with Crippen molar-refractivity contribution in [3.63, 3.8) is 0 Å². The van der Waals surface area contributed by atoms with E-state index in [2.05, 4.69) is 31.0 Å². The Kier molecular flexibility index (Phi) is 6.10. The van der Waals surface area contributed by atoms with E-state index in [1.165, 1.54) is 45.2 Å². The minimum absolute atomic E-state index is 0.00949. The van der Waals surface area contributed by atoms with Crippen LogP contribution in [0.25, 0.3) is 0 Å². The van der Waals surface area contributed by atoms with Gasteiger partial charge in [0.05, 0.1) is 6.61 Å². The maximum absolute atomic E-state index is 9.92. The number of nitrogens with one attached hydrogen (secondary N) is 1. The summed E-state index contributed by atoms with van der Waals surface area (Å²) in [5, 5.41) is 13.6. The molecule has 0 aromatic heterocycles. The van der Waals surface area contributed by atoms with E-state index in [0.717, 1.165) is 25.8 Å². The first kappa shape index (κ1) is 17.2.